The number of hydrogen-bond acceptors (Lipinski definition) is 3. The van der Waals surface area contributed by atoms with E-state index in [2.05, 4.69) is 6.92 Å². The molecule has 0 aromatic heterocycles. The van der Waals surface area contributed by atoms with Crippen LogP contribution in [0.4, 0.5) is 0 Å². The average Bonchev–Trinajstić information content (AvgIpc) is 2.53. The summed E-state index contributed by atoms with van der Waals surface area (Å²) in [5.41, 5.74) is 0. The molecule has 0 aromatic carbocycles. The van der Waals surface area contributed by atoms with E-state index in [1.165, 1.54) is 38.4 Å². The summed E-state index contributed by atoms with van der Waals surface area (Å²) in [6.07, 6.45) is 18.0. The zero-order valence-electron chi connectivity index (χ0n) is 16.3. The Morgan fingerprint density at radius 2 is 1.28 bits per heavy atom. The molecule has 1 N–H and O–H groups in total. The van der Waals surface area contributed by atoms with E-state index in [9.17, 15) is 13.2 Å². The molecular formula is C20H38O4S. The number of sulfone groups is 1. The van der Waals surface area contributed by atoms with Crippen molar-refractivity contribution in [2.45, 2.75) is 103 Å². The molecule has 0 aliphatic carbocycles. The zero-order chi connectivity index (χ0) is 19.0. The lowest BCUT2D eigenvalue weighted by molar-refractivity contribution is -0.137. The highest BCUT2D eigenvalue weighted by Crippen LogP contribution is 2.18. The Balaban J connectivity index is 3.90. The molecule has 0 aliphatic rings. The van der Waals surface area contributed by atoms with Gasteiger partial charge >= 0.3 is 5.97 Å². The summed E-state index contributed by atoms with van der Waals surface area (Å²) >= 11 is 0. The molecule has 5 heteroatoms. The van der Waals surface area contributed by atoms with Crippen molar-refractivity contribution in [2.24, 2.45) is 0 Å². The van der Waals surface area contributed by atoms with Gasteiger partial charge in [0, 0.05) is 17.6 Å². The van der Waals surface area contributed by atoms with Gasteiger partial charge in [-0.1, -0.05) is 70.8 Å². The molecule has 0 atom stereocenters. The predicted octanol–water partition coefficient (Wildman–Crippen LogP) is 5.87. The first-order valence-corrected chi connectivity index (χ1v) is 11.9. The molecule has 0 bridgehead atoms. The van der Waals surface area contributed by atoms with Crippen molar-refractivity contribution >= 4 is 15.8 Å². The summed E-state index contributed by atoms with van der Waals surface area (Å²) in [7, 11) is -3.08. The number of rotatable bonds is 17. The number of unbranched alkanes of at least 4 members (excludes halogenated alkanes) is 11. The summed E-state index contributed by atoms with van der Waals surface area (Å²) in [4.78, 5) is 11.0. The topological polar surface area (TPSA) is 71.4 Å². The van der Waals surface area contributed by atoms with Crippen LogP contribution in [-0.4, -0.2) is 25.7 Å². The fourth-order valence-electron chi connectivity index (χ4n) is 2.91. The second-order valence-electron chi connectivity index (χ2n) is 7.01. The highest BCUT2D eigenvalue weighted by atomic mass is 32.2. The molecule has 0 fully saturated rings. The van der Waals surface area contributed by atoms with Crippen molar-refractivity contribution in [1.82, 2.24) is 0 Å². The highest BCUT2D eigenvalue weighted by Gasteiger charge is 2.10. The fourth-order valence-corrected chi connectivity index (χ4v) is 3.84. The second-order valence-corrected chi connectivity index (χ2v) is 9.08. The van der Waals surface area contributed by atoms with Crippen molar-refractivity contribution in [3.8, 4) is 0 Å². The molecule has 0 radical (unpaired) electrons. The van der Waals surface area contributed by atoms with Crippen molar-refractivity contribution in [3.05, 3.63) is 11.0 Å². The van der Waals surface area contributed by atoms with E-state index in [0.29, 0.717) is 11.3 Å². The molecule has 0 saturated heterocycles. The van der Waals surface area contributed by atoms with Crippen molar-refractivity contribution in [2.75, 3.05) is 6.26 Å². The van der Waals surface area contributed by atoms with Gasteiger partial charge in [-0.15, -0.1) is 0 Å². The summed E-state index contributed by atoms with van der Waals surface area (Å²) in [5, 5.41) is 8.57. The summed E-state index contributed by atoms with van der Waals surface area (Å²) in [5.74, 6) is -0.730. The normalized spacial score (nSPS) is 12.5. The number of aliphatic carboxylic acids is 1. The van der Waals surface area contributed by atoms with Gasteiger partial charge in [-0.3, -0.25) is 4.79 Å². The van der Waals surface area contributed by atoms with E-state index in [-0.39, 0.29) is 6.42 Å². The minimum atomic E-state index is -3.08. The summed E-state index contributed by atoms with van der Waals surface area (Å²) in [6.45, 7) is 2.21. The average molecular weight is 375 g/mol. The van der Waals surface area contributed by atoms with Crippen LogP contribution in [0.3, 0.4) is 0 Å². The maximum Gasteiger partial charge on any atom is 0.303 e. The third kappa shape index (κ3) is 16.4. The van der Waals surface area contributed by atoms with Crippen LogP contribution in [0.15, 0.2) is 11.0 Å². The monoisotopic (exact) mass is 374 g/mol. The van der Waals surface area contributed by atoms with Gasteiger partial charge < -0.3 is 5.11 Å². The number of carboxylic acids is 1. The first-order chi connectivity index (χ1) is 11.9. The van der Waals surface area contributed by atoms with Crippen molar-refractivity contribution < 1.29 is 18.3 Å². The lowest BCUT2D eigenvalue weighted by atomic mass is 10.1. The Hall–Kier alpha value is -0.840. The van der Waals surface area contributed by atoms with Crippen molar-refractivity contribution in [3.63, 3.8) is 0 Å². The lowest BCUT2D eigenvalue weighted by Gasteiger charge is -2.06. The minimum absolute atomic E-state index is 0.247. The van der Waals surface area contributed by atoms with Crippen LogP contribution in [0.2, 0.25) is 0 Å². The van der Waals surface area contributed by atoms with E-state index in [1.54, 1.807) is 0 Å². The smallest absolute Gasteiger partial charge is 0.303 e. The maximum absolute atomic E-state index is 11.9. The predicted molar refractivity (Wildman–Crippen MR) is 105 cm³/mol. The van der Waals surface area contributed by atoms with Crippen LogP contribution in [0.5, 0.6) is 0 Å². The van der Waals surface area contributed by atoms with Gasteiger partial charge in [-0.05, 0) is 32.1 Å². The number of carbonyl (C=O) groups is 1. The van der Waals surface area contributed by atoms with E-state index in [0.717, 1.165) is 51.4 Å². The molecule has 25 heavy (non-hydrogen) atoms. The molecule has 0 unspecified atom stereocenters. The van der Waals surface area contributed by atoms with E-state index in [1.807, 2.05) is 6.08 Å². The van der Waals surface area contributed by atoms with Crippen LogP contribution < -0.4 is 0 Å². The molecular weight excluding hydrogens is 336 g/mol. The molecule has 0 aliphatic heterocycles. The Kier molecular flexibility index (Phi) is 14.9. The molecule has 0 amide bonds. The van der Waals surface area contributed by atoms with Crippen LogP contribution in [-0.2, 0) is 14.6 Å². The van der Waals surface area contributed by atoms with E-state index < -0.39 is 15.8 Å². The van der Waals surface area contributed by atoms with Crippen LogP contribution >= 0.6 is 0 Å². The molecule has 0 saturated carbocycles. The van der Waals surface area contributed by atoms with Gasteiger partial charge in [0.05, 0.1) is 0 Å². The molecule has 0 spiro atoms. The first-order valence-electron chi connectivity index (χ1n) is 9.98. The third-order valence-corrected chi connectivity index (χ3v) is 5.79. The Morgan fingerprint density at radius 3 is 1.80 bits per heavy atom. The summed E-state index contributed by atoms with van der Waals surface area (Å²) < 4.78 is 23.8. The quantitative estimate of drug-likeness (QED) is 0.323. The second kappa shape index (κ2) is 15.4. The van der Waals surface area contributed by atoms with Crippen LogP contribution in [0.25, 0.3) is 0 Å². The van der Waals surface area contributed by atoms with Crippen molar-refractivity contribution in [1.29, 1.82) is 0 Å². The van der Waals surface area contributed by atoms with Crippen LogP contribution in [0, 0.1) is 0 Å². The van der Waals surface area contributed by atoms with E-state index >= 15 is 0 Å². The zero-order valence-corrected chi connectivity index (χ0v) is 17.1. The standard InChI is InChI=1S/C20H38O4S/c1-3-4-5-6-7-10-13-16-19(25(2,23)24)17-14-11-8-9-12-15-18-20(21)22/h17H,3-16,18H2,1-2H3,(H,21,22)/b19-17-. The number of carboxylic acid groups (broad SMARTS) is 1. The van der Waals surface area contributed by atoms with Gasteiger partial charge in [0.2, 0.25) is 0 Å². The molecule has 0 heterocycles. The molecule has 4 nitrogen and oxygen atoms in total. The SMILES string of the molecule is CCCCCCCCC/C(=C/CCCCCCCC(=O)O)S(C)(=O)=O. The highest BCUT2D eigenvalue weighted by molar-refractivity contribution is 7.94. The number of hydrogen-bond donors (Lipinski definition) is 1. The molecule has 148 valence electrons. The van der Waals surface area contributed by atoms with Crippen LogP contribution in [0.1, 0.15) is 103 Å². The molecule has 0 aromatic rings. The minimum Gasteiger partial charge on any atom is -0.481 e. The molecule has 0 rings (SSSR count). The largest absolute Gasteiger partial charge is 0.481 e. The van der Waals surface area contributed by atoms with Gasteiger partial charge in [-0.25, -0.2) is 8.42 Å². The van der Waals surface area contributed by atoms with E-state index in [4.69, 9.17) is 5.11 Å². The Morgan fingerprint density at radius 1 is 0.800 bits per heavy atom. The van der Waals surface area contributed by atoms with Gasteiger partial charge in [0.25, 0.3) is 0 Å². The number of allylic oxidation sites excluding steroid dienone is 2. The lowest BCUT2D eigenvalue weighted by Crippen LogP contribution is -2.01. The van der Waals surface area contributed by atoms with Gasteiger partial charge in [0.15, 0.2) is 9.84 Å². The maximum atomic E-state index is 11.9. The Bertz CT molecular complexity index is 466. The first kappa shape index (κ1) is 24.2. The third-order valence-electron chi connectivity index (χ3n) is 4.47. The van der Waals surface area contributed by atoms with Gasteiger partial charge in [0.1, 0.15) is 0 Å². The Labute approximate surface area is 155 Å². The van der Waals surface area contributed by atoms with Gasteiger partial charge in [-0.2, -0.15) is 0 Å². The fraction of sp³-hybridized carbons (Fsp3) is 0.850. The summed E-state index contributed by atoms with van der Waals surface area (Å²) in [6, 6.07) is 0.